The van der Waals surface area contributed by atoms with E-state index >= 15 is 0 Å². The minimum atomic E-state index is -4.18. The average molecular weight is 361 g/mol. The van der Waals surface area contributed by atoms with Gasteiger partial charge >= 0.3 is 51.4 Å². The number of aliphatic hydroxyl groups is 1. The van der Waals surface area contributed by atoms with Crippen molar-refractivity contribution in [2.45, 2.75) is 95.6 Å². The fourth-order valence-corrected chi connectivity index (χ4v) is 3.51. The molecule has 22 heavy (non-hydrogen) atoms. The fourth-order valence-electron chi connectivity index (χ4n) is 2.60. The summed E-state index contributed by atoms with van der Waals surface area (Å²) in [6.45, 7) is 2.27. The van der Waals surface area contributed by atoms with Crippen molar-refractivity contribution < 1.29 is 69.5 Å². The Morgan fingerprint density at radius 1 is 0.818 bits per heavy atom. The number of hydrogen-bond donors (Lipinski definition) is 1. The summed E-state index contributed by atoms with van der Waals surface area (Å²) in [5.74, 6) is 0. The van der Waals surface area contributed by atoms with Gasteiger partial charge in [-0.25, -0.2) is 8.42 Å². The van der Waals surface area contributed by atoms with Crippen molar-refractivity contribution >= 4 is 10.1 Å². The molecule has 4 nitrogen and oxygen atoms in total. The first-order chi connectivity index (χ1) is 10.0. The third-order valence-electron chi connectivity index (χ3n) is 3.97. The molecule has 0 fully saturated rings. The van der Waals surface area contributed by atoms with Crippen LogP contribution in [0.25, 0.3) is 0 Å². The Labute approximate surface area is 180 Å². The minimum absolute atomic E-state index is 0. The molecule has 0 amide bonds. The zero-order valence-corrected chi connectivity index (χ0v) is 18.5. The smallest absolute Gasteiger partial charge is 0.748 e. The topological polar surface area (TPSA) is 77.4 Å². The first kappa shape index (κ1) is 25.7. The van der Waals surface area contributed by atoms with Crippen LogP contribution in [0.5, 0.6) is 0 Å². The van der Waals surface area contributed by atoms with E-state index in [2.05, 4.69) is 6.92 Å². The van der Waals surface area contributed by atoms with Crippen LogP contribution in [-0.2, 0) is 10.1 Å². The quantitative estimate of drug-likeness (QED) is 0.268. The predicted molar refractivity (Wildman–Crippen MR) is 86.3 cm³/mol. The monoisotopic (exact) mass is 360 g/mol. The normalized spacial score (nSPS) is 12.9. The first-order valence-electron chi connectivity index (χ1n) is 8.58. The summed E-state index contributed by atoms with van der Waals surface area (Å²) in [7, 11) is -4.18. The molecule has 0 saturated carbocycles. The molecule has 0 aromatic heterocycles. The summed E-state index contributed by atoms with van der Waals surface area (Å²) in [6.07, 6.45) is 12.7. The number of aliphatic hydroxyl groups excluding tert-OH is 1. The zero-order chi connectivity index (χ0) is 16.0. The van der Waals surface area contributed by atoms with E-state index in [0.717, 1.165) is 19.3 Å². The van der Waals surface area contributed by atoms with Crippen LogP contribution in [0.4, 0.5) is 0 Å². The van der Waals surface area contributed by atoms with Crippen LogP contribution in [0.15, 0.2) is 0 Å². The van der Waals surface area contributed by atoms with Gasteiger partial charge in [-0.15, -0.1) is 0 Å². The van der Waals surface area contributed by atoms with Gasteiger partial charge in [-0.05, 0) is 25.7 Å². The molecule has 0 aromatic rings. The van der Waals surface area contributed by atoms with Crippen molar-refractivity contribution in [3.05, 3.63) is 0 Å². The van der Waals surface area contributed by atoms with Gasteiger partial charge in [0.2, 0.25) is 0 Å². The van der Waals surface area contributed by atoms with Crippen molar-refractivity contribution in [3.8, 4) is 0 Å². The first-order valence-corrected chi connectivity index (χ1v) is 10.0. The second kappa shape index (κ2) is 17.3. The van der Waals surface area contributed by atoms with Crippen LogP contribution in [-0.4, -0.2) is 29.9 Å². The van der Waals surface area contributed by atoms with Gasteiger partial charge in [0.1, 0.15) is 0 Å². The Hall–Kier alpha value is 1.51. The fraction of sp³-hybridized carbons (Fsp3) is 1.00. The summed E-state index contributed by atoms with van der Waals surface area (Å²) in [5.41, 5.74) is 0. The number of unbranched alkanes of at least 4 members (excludes halogenated alkanes) is 9. The molecule has 0 aliphatic rings. The van der Waals surface area contributed by atoms with Crippen LogP contribution >= 0.6 is 0 Å². The molecule has 0 aliphatic carbocycles. The summed E-state index contributed by atoms with van der Waals surface area (Å²) in [4.78, 5) is 0. The van der Waals surface area contributed by atoms with Gasteiger partial charge in [0, 0.05) is 11.9 Å². The predicted octanol–water partition coefficient (Wildman–Crippen LogP) is 0.988. The van der Waals surface area contributed by atoms with E-state index < -0.39 is 15.4 Å². The minimum Gasteiger partial charge on any atom is -0.748 e. The van der Waals surface area contributed by atoms with Crippen LogP contribution in [0.2, 0.25) is 0 Å². The molecular weight excluding hydrogens is 327 g/mol. The molecule has 0 spiro atoms. The third kappa shape index (κ3) is 16.4. The number of rotatable bonds is 15. The van der Waals surface area contributed by atoms with E-state index in [9.17, 15) is 13.0 Å². The van der Waals surface area contributed by atoms with E-state index in [0.29, 0.717) is 25.7 Å². The van der Waals surface area contributed by atoms with E-state index in [1.807, 2.05) is 0 Å². The standard InChI is InChI=1S/C16H34O4S.K/c1-2-3-4-5-6-7-8-9-10-13-16(21(18,19)20)14-11-12-15-17;/h16-17H,2-15H2,1H3,(H,18,19,20);/q;+1/p-1. The molecule has 0 aromatic carbocycles. The Morgan fingerprint density at radius 3 is 1.64 bits per heavy atom. The summed E-state index contributed by atoms with van der Waals surface area (Å²) in [6, 6.07) is 0. The molecule has 0 heterocycles. The van der Waals surface area contributed by atoms with E-state index in [1.54, 1.807) is 0 Å². The maximum Gasteiger partial charge on any atom is 1.00 e. The van der Waals surface area contributed by atoms with Gasteiger partial charge in [-0.3, -0.25) is 0 Å². The molecule has 128 valence electrons. The molecule has 0 rings (SSSR count). The van der Waals surface area contributed by atoms with Crippen LogP contribution in [0.3, 0.4) is 0 Å². The molecule has 1 unspecified atom stereocenters. The second-order valence-corrected chi connectivity index (χ2v) is 7.60. The Kier molecular flexibility index (Phi) is 20.3. The molecule has 0 aliphatic heterocycles. The third-order valence-corrected chi connectivity index (χ3v) is 5.26. The molecule has 6 heteroatoms. The molecule has 0 bridgehead atoms. The van der Waals surface area contributed by atoms with E-state index in [1.165, 1.54) is 38.5 Å². The maximum absolute atomic E-state index is 11.2. The SMILES string of the molecule is CCCCCCCCCCCC(CCCCO)S(=O)(=O)[O-].[K+]. The van der Waals surface area contributed by atoms with Gasteiger partial charge in [-0.1, -0.05) is 64.7 Å². The van der Waals surface area contributed by atoms with E-state index in [4.69, 9.17) is 5.11 Å². The van der Waals surface area contributed by atoms with Crippen molar-refractivity contribution in [1.29, 1.82) is 0 Å². The van der Waals surface area contributed by atoms with Gasteiger partial charge in [-0.2, -0.15) is 0 Å². The zero-order valence-electron chi connectivity index (χ0n) is 14.6. The molecule has 1 atom stereocenters. The van der Waals surface area contributed by atoms with Gasteiger partial charge in [0.15, 0.2) is 0 Å². The molecule has 0 radical (unpaired) electrons. The van der Waals surface area contributed by atoms with Crippen molar-refractivity contribution in [2.75, 3.05) is 6.61 Å². The van der Waals surface area contributed by atoms with Crippen molar-refractivity contribution in [2.24, 2.45) is 0 Å². The summed E-state index contributed by atoms with van der Waals surface area (Å²) in [5, 5.41) is 7.95. The number of hydrogen-bond acceptors (Lipinski definition) is 4. The second-order valence-electron chi connectivity index (χ2n) is 5.95. The van der Waals surface area contributed by atoms with Gasteiger partial charge < -0.3 is 9.66 Å². The van der Waals surface area contributed by atoms with Crippen molar-refractivity contribution in [3.63, 3.8) is 0 Å². The van der Waals surface area contributed by atoms with Gasteiger partial charge in [0.25, 0.3) is 0 Å². The Bertz CT molecular complexity index is 320. The van der Waals surface area contributed by atoms with Crippen LogP contribution < -0.4 is 51.4 Å². The van der Waals surface area contributed by atoms with Gasteiger partial charge in [0.05, 0.1) is 10.1 Å². The van der Waals surface area contributed by atoms with Crippen LogP contribution in [0, 0.1) is 0 Å². The molecule has 0 saturated heterocycles. The Morgan fingerprint density at radius 2 is 1.23 bits per heavy atom. The largest absolute Gasteiger partial charge is 1.00 e. The summed E-state index contributed by atoms with van der Waals surface area (Å²) >= 11 is 0. The molecule has 1 N–H and O–H groups in total. The average Bonchev–Trinajstić information content (AvgIpc) is 2.42. The van der Waals surface area contributed by atoms with E-state index in [-0.39, 0.29) is 58.0 Å². The Balaban J connectivity index is 0. The maximum atomic E-state index is 11.2. The summed E-state index contributed by atoms with van der Waals surface area (Å²) < 4.78 is 33.5. The van der Waals surface area contributed by atoms with Crippen LogP contribution in [0.1, 0.15) is 90.4 Å². The van der Waals surface area contributed by atoms with Crippen molar-refractivity contribution in [1.82, 2.24) is 0 Å². The molecular formula is C16H33KO4S.